The van der Waals surface area contributed by atoms with E-state index >= 15 is 0 Å². The number of sulfonamides is 1. The fraction of sp³-hybridized carbons (Fsp3) is 0.545. The number of hydrogen-bond acceptors (Lipinski definition) is 5. The number of carboxylic acid groups (broad SMARTS) is 1. The van der Waals surface area contributed by atoms with Gasteiger partial charge in [-0.3, -0.25) is 0 Å². The summed E-state index contributed by atoms with van der Waals surface area (Å²) in [5.74, 6) is -1.24. The fourth-order valence-corrected chi connectivity index (χ4v) is 4.19. The van der Waals surface area contributed by atoms with Crippen molar-refractivity contribution in [2.45, 2.75) is 30.7 Å². The summed E-state index contributed by atoms with van der Waals surface area (Å²) in [7, 11) is -2.35. The van der Waals surface area contributed by atoms with Crippen LogP contribution in [0.25, 0.3) is 0 Å². The van der Waals surface area contributed by atoms with E-state index in [2.05, 4.69) is 4.72 Å². The highest BCUT2D eigenvalue weighted by atomic mass is 32.2. The van der Waals surface area contributed by atoms with Gasteiger partial charge in [0.25, 0.3) is 0 Å². The number of methoxy groups -OCH3 is 1. The van der Waals surface area contributed by atoms with Crippen LogP contribution in [0.4, 0.5) is 0 Å². The van der Waals surface area contributed by atoms with Crippen molar-refractivity contribution < 1.29 is 23.1 Å². The lowest BCUT2D eigenvalue weighted by Gasteiger charge is -2.17. The molecule has 1 atom stereocenters. The van der Waals surface area contributed by atoms with Crippen molar-refractivity contribution in [2.75, 3.05) is 13.7 Å². The van der Waals surface area contributed by atoms with E-state index in [1.807, 2.05) is 6.92 Å². The van der Waals surface area contributed by atoms with Crippen molar-refractivity contribution >= 4 is 27.3 Å². The minimum atomic E-state index is -3.84. The van der Waals surface area contributed by atoms with Gasteiger partial charge in [-0.05, 0) is 17.9 Å². The molecule has 0 bridgehead atoms. The summed E-state index contributed by atoms with van der Waals surface area (Å²) in [5.41, 5.74) is 0. The molecule has 0 aliphatic rings. The lowest BCUT2D eigenvalue weighted by molar-refractivity contribution is 0.0698. The third kappa shape index (κ3) is 4.27. The van der Waals surface area contributed by atoms with Crippen LogP contribution in [0.3, 0.4) is 0 Å². The average Bonchev–Trinajstić information content (AvgIpc) is 2.78. The maximum atomic E-state index is 12.2. The average molecular weight is 307 g/mol. The van der Waals surface area contributed by atoms with Crippen molar-refractivity contribution in [1.82, 2.24) is 4.72 Å². The van der Waals surface area contributed by atoms with Gasteiger partial charge in [0.1, 0.15) is 9.77 Å². The third-order valence-electron chi connectivity index (χ3n) is 2.44. The second-order valence-electron chi connectivity index (χ2n) is 3.98. The van der Waals surface area contributed by atoms with Crippen LogP contribution >= 0.6 is 11.3 Å². The number of hydrogen-bond donors (Lipinski definition) is 2. The van der Waals surface area contributed by atoms with Gasteiger partial charge in [-0.15, -0.1) is 11.3 Å². The summed E-state index contributed by atoms with van der Waals surface area (Å²) >= 11 is 0.888. The molecule has 0 saturated carbocycles. The number of carbonyl (C=O) groups is 1. The molecule has 0 aliphatic heterocycles. The van der Waals surface area contributed by atoms with Gasteiger partial charge in [-0.2, -0.15) is 0 Å². The molecule has 1 aromatic heterocycles. The van der Waals surface area contributed by atoms with Gasteiger partial charge < -0.3 is 9.84 Å². The molecule has 1 unspecified atom stereocenters. The molecule has 8 heteroatoms. The maximum absolute atomic E-state index is 12.2. The van der Waals surface area contributed by atoms with Crippen molar-refractivity contribution in [3.63, 3.8) is 0 Å². The molecule has 1 aromatic rings. The van der Waals surface area contributed by atoms with Crippen LogP contribution in [0.15, 0.2) is 16.3 Å². The van der Waals surface area contributed by atoms with E-state index in [4.69, 9.17) is 9.84 Å². The Bertz CT molecular complexity index is 517. The zero-order valence-electron chi connectivity index (χ0n) is 10.8. The topological polar surface area (TPSA) is 92.7 Å². The van der Waals surface area contributed by atoms with Crippen LogP contribution in [0.1, 0.15) is 29.4 Å². The summed E-state index contributed by atoms with van der Waals surface area (Å²) in [6, 6.07) is 0.938. The fourth-order valence-electron chi connectivity index (χ4n) is 1.67. The van der Waals surface area contributed by atoms with Gasteiger partial charge in [-0.25, -0.2) is 17.9 Å². The molecule has 0 spiro atoms. The first kappa shape index (κ1) is 16.1. The second-order valence-corrected chi connectivity index (χ2v) is 6.58. The molecule has 0 radical (unpaired) electrons. The minimum absolute atomic E-state index is 0.180. The highest BCUT2D eigenvalue weighted by Crippen LogP contribution is 2.22. The van der Waals surface area contributed by atoms with Gasteiger partial charge in [0, 0.05) is 13.2 Å². The second kappa shape index (κ2) is 6.99. The number of carboxylic acids is 1. The Morgan fingerprint density at radius 3 is 2.79 bits per heavy atom. The molecule has 0 aliphatic carbocycles. The zero-order valence-corrected chi connectivity index (χ0v) is 12.4. The normalized spacial score (nSPS) is 13.4. The van der Waals surface area contributed by atoms with Crippen LogP contribution in [-0.4, -0.2) is 39.3 Å². The van der Waals surface area contributed by atoms with E-state index in [0.29, 0.717) is 6.42 Å². The summed E-state index contributed by atoms with van der Waals surface area (Å²) in [4.78, 5) is 10.6. The van der Waals surface area contributed by atoms with Gasteiger partial charge in [0.15, 0.2) is 0 Å². The summed E-state index contributed by atoms with van der Waals surface area (Å²) in [5, 5.41) is 10.4. The molecular weight excluding hydrogens is 290 g/mol. The Balaban J connectivity index is 2.96. The first-order valence-electron chi connectivity index (χ1n) is 5.74. The van der Waals surface area contributed by atoms with E-state index in [-0.39, 0.29) is 22.4 Å². The molecule has 0 saturated heterocycles. The highest BCUT2D eigenvalue weighted by Gasteiger charge is 2.26. The lowest BCUT2D eigenvalue weighted by Crippen LogP contribution is -2.38. The summed E-state index contributed by atoms with van der Waals surface area (Å²) < 4.78 is 31.8. The molecule has 2 N–H and O–H groups in total. The lowest BCUT2D eigenvalue weighted by atomic mass is 10.2. The quantitative estimate of drug-likeness (QED) is 0.760. The Hall–Kier alpha value is -0.960. The van der Waals surface area contributed by atoms with Crippen molar-refractivity contribution in [3.8, 4) is 0 Å². The predicted octanol–water partition coefficient (Wildman–Crippen LogP) is 1.54. The van der Waals surface area contributed by atoms with E-state index in [1.165, 1.54) is 18.6 Å². The largest absolute Gasteiger partial charge is 0.477 e. The predicted molar refractivity (Wildman–Crippen MR) is 72.2 cm³/mol. The van der Waals surface area contributed by atoms with Crippen molar-refractivity contribution in [3.05, 3.63) is 16.3 Å². The molecule has 0 aromatic carbocycles. The molecular formula is C11H17NO5S2. The summed E-state index contributed by atoms with van der Waals surface area (Å²) in [6.45, 7) is 2.18. The molecule has 0 amide bonds. The smallest absolute Gasteiger partial charge is 0.347 e. The zero-order chi connectivity index (χ0) is 14.5. The van der Waals surface area contributed by atoms with E-state index < -0.39 is 16.0 Å². The maximum Gasteiger partial charge on any atom is 0.347 e. The van der Waals surface area contributed by atoms with Gasteiger partial charge >= 0.3 is 5.97 Å². The molecule has 108 valence electrons. The monoisotopic (exact) mass is 307 g/mol. The number of aromatic carboxylic acids is 1. The van der Waals surface area contributed by atoms with Crippen molar-refractivity contribution in [2.24, 2.45) is 0 Å². The van der Waals surface area contributed by atoms with Crippen molar-refractivity contribution in [1.29, 1.82) is 0 Å². The molecule has 6 nitrogen and oxygen atoms in total. The Labute approximate surface area is 116 Å². The Kier molecular flexibility index (Phi) is 5.92. The molecule has 0 fully saturated rings. The Morgan fingerprint density at radius 2 is 2.26 bits per heavy atom. The standard InChI is InChI=1S/C11H17NO5S2/c1-3-4-8(7-17-2)12-19(15,16)9-5-6-18-10(9)11(13)14/h5-6,8,12H,3-4,7H2,1-2H3,(H,13,14). The summed E-state index contributed by atoms with van der Waals surface area (Å²) in [6.07, 6.45) is 1.42. The SMILES string of the molecule is CCCC(COC)NS(=O)(=O)c1ccsc1C(=O)O. The first-order chi connectivity index (χ1) is 8.92. The molecule has 1 heterocycles. The number of rotatable bonds is 8. The number of ether oxygens (including phenoxy) is 1. The van der Waals surface area contributed by atoms with Crippen LogP contribution in [0, 0.1) is 0 Å². The van der Waals surface area contributed by atoms with Crippen LogP contribution in [-0.2, 0) is 14.8 Å². The minimum Gasteiger partial charge on any atom is -0.477 e. The highest BCUT2D eigenvalue weighted by molar-refractivity contribution is 7.89. The Morgan fingerprint density at radius 1 is 1.58 bits per heavy atom. The number of nitrogens with one attached hydrogen (secondary N) is 1. The van der Waals surface area contributed by atoms with Gasteiger partial charge in [0.2, 0.25) is 10.0 Å². The van der Waals surface area contributed by atoms with Gasteiger partial charge in [-0.1, -0.05) is 13.3 Å². The molecule has 1 rings (SSSR count). The number of thiophene rings is 1. The van der Waals surface area contributed by atoms with E-state index in [9.17, 15) is 13.2 Å². The van der Waals surface area contributed by atoms with Crippen LogP contribution < -0.4 is 4.72 Å². The van der Waals surface area contributed by atoms with Crippen LogP contribution in [0.5, 0.6) is 0 Å². The molecule has 19 heavy (non-hydrogen) atoms. The first-order valence-corrected chi connectivity index (χ1v) is 8.10. The van der Waals surface area contributed by atoms with E-state index in [0.717, 1.165) is 17.8 Å². The van der Waals surface area contributed by atoms with E-state index in [1.54, 1.807) is 0 Å². The third-order valence-corrected chi connectivity index (χ3v) is 5.03. The van der Waals surface area contributed by atoms with Gasteiger partial charge in [0.05, 0.1) is 6.61 Å². The van der Waals surface area contributed by atoms with Crippen LogP contribution in [0.2, 0.25) is 0 Å².